The van der Waals surface area contributed by atoms with Crippen LogP contribution in [0.3, 0.4) is 0 Å². The standard InChI is InChI=1S/C17H21NO/c1-12-8-9-17(15(10-12)11-14(3)18)19-16-7-5-4-6-13(16)2/h4-10,14H,11,18H2,1-3H3. The van der Waals surface area contributed by atoms with Crippen LogP contribution in [-0.2, 0) is 6.42 Å². The Morgan fingerprint density at radius 1 is 1.05 bits per heavy atom. The van der Waals surface area contributed by atoms with E-state index in [0.29, 0.717) is 0 Å². The van der Waals surface area contributed by atoms with Gasteiger partial charge >= 0.3 is 0 Å². The fourth-order valence-electron chi connectivity index (χ4n) is 2.10. The van der Waals surface area contributed by atoms with E-state index in [1.54, 1.807) is 0 Å². The van der Waals surface area contributed by atoms with Crippen LogP contribution in [-0.4, -0.2) is 6.04 Å². The van der Waals surface area contributed by atoms with E-state index in [1.807, 2.05) is 31.2 Å². The number of rotatable bonds is 4. The van der Waals surface area contributed by atoms with Gasteiger partial charge in [-0.15, -0.1) is 0 Å². The van der Waals surface area contributed by atoms with E-state index in [-0.39, 0.29) is 6.04 Å². The van der Waals surface area contributed by atoms with Crippen molar-refractivity contribution in [3.63, 3.8) is 0 Å². The summed E-state index contributed by atoms with van der Waals surface area (Å²) in [7, 11) is 0. The molecular formula is C17H21NO. The molecule has 2 N–H and O–H groups in total. The first kappa shape index (κ1) is 13.6. The molecule has 2 rings (SSSR count). The third-order valence-corrected chi connectivity index (χ3v) is 3.07. The summed E-state index contributed by atoms with van der Waals surface area (Å²) in [6.07, 6.45) is 0.822. The Hall–Kier alpha value is -1.80. The van der Waals surface area contributed by atoms with Crippen molar-refractivity contribution in [2.24, 2.45) is 5.73 Å². The molecule has 2 heteroatoms. The van der Waals surface area contributed by atoms with Crippen molar-refractivity contribution in [2.45, 2.75) is 33.2 Å². The topological polar surface area (TPSA) is 35.2 Å². The predicted molar refractivity (Wildman–Crippen MR) is 79.8 cm³/mol. The summed E-state index contributed by atoms with van der Waals surface area (Å²) in [5.74, 6) is 1.80. The van der Waals surface area contributed by atoms with Gasteiger partial charge in [0.2, 0.25) is 0 Å². The lowest BCUT2D eigenvalue weighted by atomic mass is 10.0. The average Bonchev–Trinajstić information content (AvgIpc) is 2.34. The van der Waals surface area contributed by atoms with Crippen LogP contribution in [0.1, 0.15) is 23.6 Å². The maximum absolute atomic E-state index is 6.04. The summed E-state index contributed by atoms with van der Waals surface area (Å²) in [6.45, 7) is 6.15. The van der Waals surface area contributed by atoms with Gasteiger partial charge in [0.15, 0.2) is 0 Å². The molecule has 0 radical (unpaired) electrons. The van der Waals surface area contributed by atoms with E-state index in [2.05, 4.69) is 32.0 Å². The van der Waals surface area contributed by atoms with Gasteiger partial charge in [0, 0.05) is 6.04 Å². The van der Waals surface area contributed by atoms with Gasteiger partial charge in [-0.2, -0.15) is 0 Å². The Bertz CT molecular complexity index is 561. The molecule has 2 nitrogen and oxygen atoms in total. The lowest BCUT2D eigenvalue weighted by molar-refractivity contribution is 0.470. The summed E-state index contributed by atoms with van der Waals surface area (Å²) in [4.78, 5) is 0. The molecule has 2 aromatic carbocycles. The molecule has 0 aliphatic rings. The van der Waals surface area contributed by atoms with Crippen LogP contribution in [0.15, 0.2) is 42.5 Å². The number of nitrogens with two attached hydrogens (primary N) is 1. The Kier molecular flexibility index (Phi) is 4.23. The molecule has 0 fully saturated rings. The maximum Gasteiger partial charge on any atom is 0.130 e. The summed E-state index contributed by atoms with van der Waals surface area (Å²) < 4.78 is 6.04. The molecule has 2 aromatic rings. The van der Waals surface area contributed by atoms with Crippen LogP contribution in [0.4, 0.5) is 0 Å². The zero-order valence-electron chi connectivity index (χ0n) is 11.8. The van der Waals surface area contributed by atoms with Gasteiger partial charge < -0.3 is 10.5 Å². The quantitative estimate of drug-likeness (QED) is 0.896. The summed E-state index contributed by atoms with van der Waals surface area (Å²) in [6, 6.07) is 14.4. The number of para-hydroxylation sites is 1. The molecule has 0 aliphatic heterocycles. The molecule has 1 unspecified atom stereocenters. The van der Waals surface area contributed by atoms with E-state index in [1.165, 1.54) is 11.1 Å². The van der Waals surface area contributed by atoms with Gasteiger partial charge in [0.25, 0.3) is 0 Å². The Morgan fingerprint density at radius 2 is 1.79 bits per heavy atom. The zero-order chi connectivity index (χ0) is 13.8. The van der Waals surface area contributed by atoms with Crippen molar-refractivity contribution < 1.29 is 4.74 Å². The van der Waals surface area contributed by atoms with Crippen molar-refractivity contribution in [2.75, 3.05) is 0 Å². The van der Waals surface area contributed by atoms with Gasteiger partial charge in [-0.05, 0) is 50.5 Å². The van der Waals surface area contributed by atoms with Crippen molar-refractivity contribution in [1.82, 2.24) is 0 Å². The third-order valence-electron chi connectivity index (χ3n) is 3.07. The van der Waals surface area contributed by atoms with Crippen LogP contribution < -0.4 is 10.5 Å². The fourth-order valence-corrected chi connectivity index (χ4v) is 2.10. The minimum absolute atomic E-state index is 0.126. The lowest BCUT2D eigenvalue weighted by Crippen LogP contribution is -2.18. The molecule has 0 saturated heterocycles. The second kappa shape index (κ2) is 5.89. The number of aryl methyl sites for hydroxylation is 2. The van der Waals surface area contributed by atoms with E-state index in [0.717, 1.165) is 23.5 Å². The average molecular weight is 255 g/mol. The highest BCUT2D eigenvalue weighted by Crippen LogP contribution is 2.29. The molecule has 100 valence electrons. The Labute approximate surface area is 115 Å². The van der Waals surface area contributed by atoms with Gasteiger partial charge in [0.1, 0.15) is 11.5 Å². The third kappa shape index (κ3) is 3.58. The van der Waals surface area contributed by atoms with Crippen molar-refractivity contribution >= 4 is 0 Å². The second-order valence-electron chi connectivity index (χ2n) is 5.16. The SMILES string of the molecule is Cc1ccc(Oc2ccccc2C)c(CC(C)N)c1. The van der Waals surface area contributed by atoms with Gasteiger partial charge in [0.05, 0.1) is 0 Å². The molecule has 0 spiro atoms. The first-order chi connectivity index (χ1) is 9.06. The Morgan fingerprint density at radius 3 is 2.47 bits per heavy atom. The molecule has 0 bridgehead atoms. The van der Waals surface area contributed by atoms with Crippen molar-refractivity contribution in [3.8, 4) is 11.5 Å². The second-order valence-corrected chi connectivity index (χ2v) is 5.16. The molecule has 0 heterocycles. The first-order valence-corrected chi connectivity index (χ1v) is 6.65. The lowest BCUT2D eigenvalue weighted by Gasteiger charge is -2.15. The number of ether oxygens (including phenoxy) is 1. The number of hydrogen-bond acceptors (Lipinski definition) is 2. The molecule has 0 aromatic heterocycles. The molecule has 0 amide bonds. The van der Waals surface area contributed by atoms with Crippen molar-refractivity contribution in [1.29, 1.82) is 0 Å². The van der Waals surface area contributed by atoms with Crippen LogP contribution in [0.25, 0.3) is 0 Å². The van der Waals surface area contributed by atoms with E-state index in [4.69, 9.17) is 10.5 Å². The summed E-state index contributed by atoms with van der Waals surface area (Å²) in [5.41, 5.74) is 9.44. The first-order valence-electron chi connectivity index (χ1n) is 6.65. The van der Waals surface area contributed by atoms with E-state index in [9.17, 15) is 0 Å². The maximum atomic E-state index is 6.04. The summed E-state index contributed by atoms with van der Waals surface area (Å²) >= 11 is 0. The molecule has 19 heavy (non-hydrogen) atoms. The van der Waals surface area contributed by atoms with Crippen LogP contribution in [0, 0.1) is 13.8 Å². The highest BCUT2D eigenvalue weighted by atomic mass is 16.5. The van der Waals surface area contributed by atoms with Crippen molar-refractivity contribution in [3.05, 3.63) is 59.2 Å². The minimum Gasteiger partial charge on any atom is -0.457 e. The Balaban J connectivity index is 2.32. The molecule has 0 saturated carbocycles. The van der Waals surface area contributed by atoms with Crippen LogP contribution in [0.2, 0.25) is 0 Å². The monoisotopic (exact) mass is 255 g/mol. The fraction of sp³-hybridized carbons (Fsp3) is 0.294. The van der Waals surface area contributed by atoms with E-state index >= 15 is 0 Å². The highest BCUT2D eigenvalue weighted by Gasteiger charge is 2.08. The van der Waals surface area contributed by atoms with Crippen LogP contribution in [0.5, 0.6) is 11.5 Å². The van der Waals surface area contributed by atoms with Gasteiger partial charge in [-0.1, -0.05) is 35.9 Å². The number of hydrogen-bond donors (Lipinski definition) is 1. The predicted octanol–water partition coefficient (Wildman–Crippen LogP) is 3.99. The minimum atomic E-state index is 0.126. The largest absolute Gasteiger partial charge is 0.457 e. The van der Waals surface area contributed by atoms with Crippen LogP contribution >= 0.6 is 0 Å². The van der Waals surface area contributed by atoms with Gasteiger partial charge in [-0.3, -0.25) is 0 Å². The van der Waals surface area contributed by atoms with Gasteiger partial charge in [-0.25, -0.2) is 0 Å². The normalized spacial score (nSPS) is 12.2. The summed E-state index contributed by atoms with van der Waals surface area (Å²) in [5, 5.41) is 0. The molecular weight excluding hydrogens is 234 g/mol. The highest BCUT2D eigenvalue weighted by molar-refractivity contribution is 5.42. The zero-order valence-corrected chi connectivity index (χ0v) is 11.8. The smallest absolute Gasteiger partial charge is 0.130 e. The van der Waals surface area contributed by atoms with E-state index < -0.39 is 0 Å². The number of benzene rings is 2. The molecule has 0 aliphatic carbocycles. The molecule has 1 atom stereocenters.